The fraction of sp³-hybridized carbons (Fsp3) is 0.471. The fourth-order valence-electron chi connectivity index (χ4n) is 7.07. The van der Waals surface area contributed by atoms with Crippen molar-refractivity contribution in [3.8, 4) is 23.0 Å². The molecule has 0 N–H and O–H groups in total. The second-order valence-electron chi connectivity index (χ2n) is 11.9. The second kappa shape index (κ2) is 11.7. The number of rotatable bonds is 6. The Morgan fingerprint density at radius 1 is 0.571 bits per heavy atom. The smallest absolute Gasteiger partial charge is 0.231 e. The monoisotopic (exact) mass is 570 g/mol. The Morgan fingerprint density at radius 3 is 1.40 bits per heavy atom. The van der Waals surface area contributed by atoms with E-state index in [1.54, 1.807) is 0 Å². The van der Waals surface area contributed by atoms with E-state index in [0.717, 1.165) is 98.8 Å². The zero-order chi connectivity index (χ0) is 28.5. The Morgan fingerprint density at radius 2 is 0.976 bits per heavy atom. The van der Waals surface area contributed by atoms with Gasteiger partial charge in [0, 0.05) is 26.2 Å². The minimum absolute atomic E-state index is 0.103. The highest BCUT2D eigenvalue weighted by atomic mass is 16.7. The van der Waals surface area contributed by atoms with Gasteiger partial charge in [0.2, 0.25) is 25.4 Å². The predicted octanol–water partition coefficient (Wildman–Crippen LogP) is 5.37. The number of ether oxygens (including phenoxy) is 4. The molecule has 1 aliphatic carbocycles. The summed E-state index contributed by atoms with van der Waals surface area (Å²) in [7, 11) is 0. The first-order chi connectivity index (χ1) is 20.7. The molecule has 8 nitrogen and oxygen atoms in total. The van der Waals surface area contributed by atoms with Crippen LogP contribution in [0, 0.1) is 23.7 Å². The molecule has 4 aliphatic heterocycles. The molecule has 8 heteroatoms. The van der Waals surface area contributed by atoms with Crippen molar-refractivity contribution < 1.29 is 28.5 Å². The molecule has 0 unspecified atom stereocenters. The number of allylic oxidation sites excluding steroid dienone is 2. The normalized spacial score (nSPS) is 26.6. The molecule has 2 amide bonds. The van der Waals surface area contributed by atoms with Gasteiger partial charge in [-0.15, -0.1) is 0 Å². The average molecular weight is 571 g/mol. The molecule has 4 heterocycles. The number of piperidine rings is 2. The van der Waals surface area contributed by atoms with Crippen LogP contribution in [0.1, 0.15) is 49.7 Å². The third-order valence-corrected chi connectivity index (χ3v) is 9.38. The maximum Gasteiger partial charge on any atom is 0.231 e. The van der Waals surface area contributed by atoms with Crippen LogP contribution >= 0.6 is 0 Å². The van der Waals surface area contributed by atoms with Gasteiger partial charge in [0.05, 0.1) is 11.8 Å². The number of benzene rings is 2. The first-order valence-corrected chi connectivity index (χ1v) is 15.4. The number of hydrogen-bond donors (Lipinski definition) is 0. The molecule has 1 saturated carbocycles. The Hall–Kier alpha value is -3.94. The fourth-order valence-corrected chi connectivity index (χ4v) is 7.07. The van der Waals surface area contributed by atoms with E-state index in [9.17, 15) is 9.59 Å². The van der Waals surface area contributed by atoms with Crippen molar-refractivity contribution in [1.82, 2.24) is 9.80 Å². The van der Waals surface area contributed by atoms with Gasteiger partial charge in [0.15, 0.2) is 23.0 Å². The molecular formula is C34H38N2O6. The topological polar surface area (TPSA) is 77.5 Å². The van der Waals surface area contributed by atoms with Crippen molar-refractivity contribution in [1.29, 1.82) is 0 Å². The van der Waals surface area contributed by atoms with Crippen molar-refractivity contribution >= 4 is 24.0 Å². The van der Waals surface area contributed by atoms with E-state index in [-0.39, 0.29) is 49.1 Å². The summed E-state index contributed by atoms with van der Waals surface area (Å²) >= 11 is 0. The van der Waals surface area contributed by atoms with E-state index in [2.05, 4.69) is 24.3 Å². The number of carbonyl (C=O) groups is 2. The van der Waals surface area contributed by atoms with Crippen molar-refractivity contribution in [2.24, 2.45) is 23.7 Å². The van der Waals surface area contributed by atoms with Gasteiger partial charge in [-0.2, -0.15) is 0 Å². The minimum Gasteiger partial charge on any atom is -0.454 e. The van der Waals surface area contributed by atoms with Crippen molar-refractivity contribution in [2.75, 3.05) is 39.8 Å². The Bertz CT molecular complexity index is 1280. The lowest BCUT2D eigenvalue weighted by molar-refractivity contribution is -0.161. The summed E-state index contributed by atoms with van der Waals surface area (Å²) in [4.78, 5) is 32.3. The highest BCUT2D eigenvalue weighted by molar-refractivity contribution is 5.91. The van der Waals surface area contributed by atoms with E-state index >= 15 is 0 Å². The summed E-state index contributed by atoms with van der Waals surface area (Å²) < 4.78 is 22.1. The van der Waals surface area contributed by atoms with Gasteiger partial charge >= 0.3 is 0 Å². The lowest BCUT2D eigenvalue weighted by Gasteiger charge is -2.51. The third kappa shape index (κ3) is 5.23. The molecule has 0 bridgehead atoms. The lowest BCUT2D eigenvalue weighted by Crippen LogP contribution is -2.60. The zero-order valence-electron chi connectivity index (χ0n) is 23.9. The van der Waals surface area contributed by atoms with Gasteiger partial charge in [-0.05, 0) is 85.8 Å². The molecule has 3 fully saturated rings. The second-order valence-corrected chi connectivity index (χ2v) is 11.9. The Labute approximate surface area is 246 Å². The van der Waals surface area contributed by atoms with Crippen LogP contribution in [0.2, 0.25) is 0 Å². The molecular weight excluding hydrogens is 532 g/mol. The molecule has 0 radical (unpaired) electrons. The first-order valence-electron chi connectivity index (χ1n) is 15.4. The highest BCUT2D eigenvalue weighted by Crippen LogP contribution is 2.51. The largest absolute Gasteiger partial charge is 0.454 e. The molecule has 42 heavy (non-hydrogen) atoms. The minimum atomic E-state index is -0.380. The third-order valence-electron chi connectivity index (χ3n) is 9.38. The maximum absolute atomic E-state index is 14.1. The van der Waals surface area contributed by atoms with Gasteiger partial charge in [0.1, 0.15) is 0 Å². The Kier molecular flexibility index (Phi) is 7.53. The standard InChI is InChI=1S/C34H38N2O6/c37-33(35-15-3-1-4-16-35)31-25(11-7-23-9-13-27-29(19-23)41-21-39-27)26(32(31)34(38)36-17-5-2-6-18-36)12-8-24-10-14-28-30(20-24)42-22-40-28/h7-14,19-20,25-26,31-32H,1-6,15-18,21-22H2/t25-,26-,31+,32+/m1/s1. The number of nitrogens with zero attached hydrogens (tertiary/aromatic N) is 2. The van der Waals surface area contributed by atoms with E-state index in [1.165, 1.54) is 0 Å². The van der Waals surface area contributed by atoms with Crippen LogP contribution in [0.25, 0.3) is 12.2 Å². The molecule has 0 spiro atoms. The SMILES string of the molecule is O=C([C@H]1[C@H](C=Cc2ccc3c(c2)OCO3)[C@@H](C=Cc2ccc3c(c2)OCO3)[C@@H]1C(=O)N1CCCCC1)N1CCCCC1. The van der Waals surface area contributed by atoms with Gasteiger partial charge in [-0.1, -0.05) is 36.4 Å². The van der Waals surface area contributed by atoms with Gasteiger partial charge in [-0.3, -0.25) is 9.59 Å². The summed E-state index contributed by atoms with van der Waals surface area (Å²) in [5, 5.41) is 0. The molecule has 2 saturated heterocycles. The van der Waals surface area contributed by atoms with Crippen LogP contribution < -0.4 is 18.9 Å². The molecule has 2 aromatic carbocycles. The van der Waals surface area contributed by atoms with Crippen LogP contribution in [0.4, 0.5) is 0 Å². The van der Waals surface area contributed by atoms with E-state index in [1.807, 2.05) is 46.2 Å². The quantitative estimate of drug-likeness (QED) is 0.465. The maximum atomic E-state index is 14.1. The number of fused-ring (bicyclic) bond motifs is 2. The number of hydrogen-bond acceptors (Lipinski definition) is 6. The van der Waals surface area contributed by atoms with E-state index in [0.29, 0.717) is 0 Å². The van der Waals surface area contributed by atoms with Crippen molar-refractivity contribution in [2.45, 2.75) is 38.5 Å². The first kappa shape index (κ1) is 26.9. The van der Waals surface area contributed by atoms with E-state index < -0.39 is 0 Å². The molecule has 5 aliphatic rings. The van der Waals surface area contributed by atoms with Crippen LogP contribution in [-0.2, 0) is 9.59 Å². The van der Waals surface area contributed by atoms with E-state index in [4.69, 9.17) is 18.9 Å². The average Bonchev–Trinajstić information content (AvgIpc) is 3.70. The van der Waals surface area contributed by atoms with Gasteiger partial charge < -0.3 is 28.7 Å². The van der Waals surface area contributed by atoms with Crippen molar-refractivity contribution in [3.05, 3.63) is 59.7 Å². The number of carbonyl (C=O) groups excluding carboxylic acids is 2. The summed E-state index contributed by atoms with van der Waals surface area (Å²) in [5.41, 5.74) is 1.96. The number of amides is 2. The summed E-state index contributed by atoms with van der Waals surface area (Å²) in [6, 6.07) is 11.8. The predicted molar refractivity (Wildman–Crippen MR) is 158 cm³/mol. The highest BCUT2D eigenvalue weighted by Gasteiger charge is 2.56. The van der Waals surface area contributed by atoms with Crippen LogP contribution in [0.15, 0.2) is 48.6 Å². The molecule has 220 valence electrons. The molecule has 0 aromatic heterocycles. The lowest BCUT2D eigenvalue weighted by atomic mass is 9.55. The molecule has 4 atom stereocenters. The molecule has 7 rings (SSSR count). The van der Waals surface area contributed by atoms with Crippen LogP contribution in [-0.4, -0.2) is 61.4 Å². The van der Waals surface area contributed by atoms with Crippen molar-refractivity contribution in [3.63, 3.8) is 0 Å². The van der Waals surface area contributed by atoms with Gasteiger partial charge in [0.25, 0.3) is 0 Å². The summed E-state index contributed by atoms with van der Waals surface area (Å²) in [6.45, 7) is 3.55. The Balaban J connectivity index is 1.22. The number of likely N-dealkylation sites (tertiary alicyclic amines) is 2. The van der Waals surface area contributed by atoms with Crippen LogP contribution in [0.5, 0.6) is 23.0 Å². The zero-order valence-corrected chi connectivity index (χ0v) is 23.9. The molecule has 2 aromatic rings. The van der Waals surface area contributed by atoms with Crippen LogP contribution in [0.3, 0.4) is 0 Å². The summed E-state index contributed by atoms with van der Waals surface area (Å²) in [6.07, 6.45) is 14.8. The summed E-state index contributed by atoms with van der Waals surface area (Å²) in [5.74, 6) is 2.21. The van der Waals surface area contributed by atoms with Gasteiger partial charge in [-0.25, -0.2) is 0 Å².